The molecule has 0 saturated heterocycles. The summed E-state index contributed by atoms with van der Waals surface area (Å²) >= 11 is 0. The van der Waals surface area contributed by atoms with E-state index in [0.29, 0.717) is 5.57 Å². The van der Waals surface area contributed by atoms with Crippen molar-refractivity contribution in [1.82, 2.24) is 0 Å². The molecule has 0 aromatic rings. The van der Waals surface area contributed by atoms with Gasteiger partial charge in [0.05, 0.1) is 6.61 Å². The van der Waals surface area contributed by atoms with Gasteiger partial charge in [0.25, 0.3) is 0 Å². The average Bonchev–Trinajstić information content (AvgIpc) is 2.27. The third-order valence-electron chi connectivity index (χ3n) is 2.84. The SMILES string of the molecule is CCOC(=O)/C(=C\C(=O)O)C1CCCCC1. The third kappa shape index (κ3) is 3.68. The zero-order valence-corrected chi connectivity index (χ0v) is 9.57. The number of esters is 1. The maximum absolute atomic E-state index is 11.6. The van der Waals surface area contributed by atoms with Gasteiger partial charge in [-0.15, -0.1) is 0 Å². The molecular formula is C12H18O4. The Kier molecular flexibility index (Phi) is 5.02. The van der Waals surface area contributed by atoms with Crippen LogP contribution in [0.2, 0.25) is 0 Å². The van der Waals surface area contributed by atoms with E-state index in [1.54, 1.807) is 6.92 Å². The topological polar surface area (TPSA) is 63.6 Å². The van der Waals surface area contributed by atoms with Crippen molar-refractivity contribution in [3.05, 3.63) is 11.6 Å². The van der Waals surface area contributed by atoms with Crippen LogP contribution in [0.1, 0.15) is 39.0 Å². The summed E-state index contributed by atoms with van der Waals surface area (Å²) in [5, 5.41) is 8.75. The second kappa shape index (κ2) is 6.30. The molecular weight excluding hydrogens is 208 g/mol. The molecule has 16 heavy (non-hydrogen) atoms. The van der Waals surface area contributed by atoms with Crippen molar-refractivity contribution < 1.29 is 19.4 Å². The maximum Gasteiger partial charge on any atom is 0.334 e. The normalized spacial score (nSPS) is 18.2. The van der Waals surface area contributed by atoms with Crippen molar-refractivity contribution >= 4 is 11.9 Å². The molecule has 0 amide bonds. The first-order valence-electron chi connectivity index (χ1n) is 5.76. The molecule has 0 aliphatic heterocycles. The van der Waals surface area contributed by atoms with Crippen molar-refractivity contribution in [2.45, 2.75) is 39.0 Å². The summed E-state index contributed by atoms with van der Waals surface area (Å²) in [5.41, 5.74) is 0.328. The first-order valence-corrected chi connectivity index (χ1v) is 5.76. The molecule has 0 aromatic heterocycles. The first-order chi connectivity index (χ1) is 7.65. The number of ether oxygens (including phenoxy) is 1. The lowest BCUT2D eigenvalue weighted by Crippen LogP contribution is -2.19. The average molecular weight is 226 g/mol. The number of carboxylic acids is 1. The second-order valence-corrected chi connectivity index (χ2v) is 3.99. The van der Waals surface area contributed by atoms with E-state index in [9.17, 15) is 9.59 Å². The zero-order valence-electron chi connectivity index (χ0n) is 9.57. The van der Waals surface area contributed by atoms with Crippen molar-refractivity contribution in [2.24, 2.45) is 5.92 Å². The Morgan fingerprint density at radius 3 is 2.44 bits per heavy atom. The van der Waals surface area contributed by atoms with Crippen LogP contribution in [0.4, 0.5) is 0 Å². The molecule has 1 fully saturated rings. The molecule has 0 atom stereocenters. The number of rotatable bonds is 4. The van der Waals surface area contributed by atoms with Gasteiger partial charge in [-0.1, -0.05) is 19.3 Å². The summed E-state index contributed by atoms with van der Waals surface area (Å²) in [6.07, 6.45) is 6.06. The highest BCUT2D eigenvalue weighted by molar-refractivity contribution is 5.96. The van der Waals surface area contributed by atoms with Crippen LogP contribution >= 0.6 is 0 Å². The van der Waals surface area contributed by atoms with Crippen LogP contribution in [0.25, 0.3) is 0 Å². The van der Waals surface area contributed by atoms with Gasteiger partial charge in [-0.05, 0) is 25.7 Å². The number of aliphatic carboxylic acids is 1. The fourth-order valence-corrected chi connectivity index (χ4v) is 2.10. The van der Waals surface area contributed by atoms with E-state index in [1.165, 1.54) is 6.42 Å². The number of carbonyl (C=O) groups excluding carboxylic acids is 1. The standard InChI is InChI=1S/C12H18O4/c1-2-16-12(15)10(8-11(13)14)9-6-4-3-5-7-9/h8-9H,2-7H2,1H3,(H,13,14)/b10-8-. The quantitative estimate of drug-likeness (QED) is 0.589. The first kappa shape index (κ1) is 12.7. The maximum atomic E-state index is 11.6. The van der Waals surface area contributed by atoms with Crippen LogP contribution in [-0.4, -0.2) is 23.7 Å². The van der Waals surface area contributed by atoms with E-state index < -0.39 is 11.9 Å². The van der Waals surface area contributed by atoms with Gasteiger partial charge in [-0.25, -0.2) is 9.59 Å². The van der Waals surface area contributed by atoms with E-state index in [1.807, 2.05) is 0 Å². The fraction of sp³-hybridized carbons (Fsp3) is 0.667. The lowest BCUT2D eigenvalue weighted by molar-refractivity contribution is -0.140. The summed E-state index contributed by atoms with van der Waals surface area (Å²) in [6.45, 7) is 2.00. The smallest absolute Gasteiger partial charge is 0.334 e. The lowest BCUT2D eigenvalue weighted by atomic mass is 9.83. The molecule has 0 heterocycles. The van der Waals surface area contributed by atoms with Crippen molar-refractivity contribution in [3.63, 3.8) is 0 Å². The molecule has 1 saturated carbocycles. The number of carboxylic acid groups (broad SMARTS) is 1. The summed E-state index contributed by atoms with van der Waals surface area (Å²) in [4.78, 5) is 22.3. The molecule has 0 unspecified atom stereocenters. The van der Waals surface area contributed by atoms with Gasteiger partial charge >= 0.3 is 11.9 Å². The van der Waals surface area contributed by atoms with E-state index in [-0.39, 0.29) is 12.5 Å². The largest absolute Gasteiger partial charge is 0.478 e. The van der Waals surface area contributed by atoms with Crippen LogP contribution < -0.4 is 0 Å². The van der Waals surface area contributed by atoms with Crippen molar-refractivity contribution in [1.29, 1.82) is 0 Å². The molecule has 4 heteroatoms. The molecule has 1 N–H and O–H groups in total. The molecule has 1 aliphatic rings. The van der Waals surface area contributed by atoms with Crippen LogP contribution in [0.5, 0.6) is 0 Å². The Hall–Kier alpha value is -1.32. The van der Waals surface area contributed by atoms with Crippen LogP contribution in [0, 0.1) is 5.92 Å². The van der Waals surface area contributed by atoms with Gasteiger partial charge < -0.3 is 9.84 Å². The van der Waals surface area contributed by atoms with Gasteiger partial charge in [0, 0.05) is 11.6 Å². The Balaban J connectivity index is 2.77. The number of carbonyl (C=O) groups is 2. The Labute approximate surface area is 95.3 Å². The molecule has 0 bridgehead atoms. The van der Waals surface area contributed by atoms with Gasteiger partial charge in [0.15, 0.2) is 0 Å². The molecule has 0 aromatic carbocycles. The molecule has 90 valence electrons. The second-order valence-electron chi connectivity index (χ2n) is 3.99. The summed E-state index contributed by atoms with van der Waals surface area (Å²) < 4.78 is 4.89. The highest BCUT2D eigenvalue weighted by Gasteiger charge is 2.24. The van der Waals surface area contributed by atoms with Crippen LogP contribution in [-0.2, 0) is 14.3 Å². The van der Waals surface area contributed by atoms with Gasteiger partial charge in [-0.2, -0.15) is 0 Å². The molecule has 1 rings (SSSR count). The Morgan fingerprint density at radius 1 is 1.31 bits per heavy atom. The molecule has 0 spiro atoms. The van der Waals surface area contributed by atoms with Crippen molar-refractivity contribution in [3.8, 4) is 0 Å². The number of hydrogen-bond acceptors (Lipinski definition) is 3. The lowest BCUT2D eigenvalue weighted by Gasteiger charge is -2.22. The van der Waals surface area contributed by atoms with Gasteiger partial charge in [0.1, 0.15) is 0 Å². The number of hydrogen-bond donors (Lipinski definition) is 1. The molecule has 4 nitrogen and oxygen atoms in total. The van der Waals surface area contributed by atoms with E-state index in [2.05, 4.69) is 0 Å². The van der Waals surface area contributed by atoms with Crippen LogP contribution in [0.15, 0.2) is 11.6 Å². The van der Waals surface area contributed by atoms with Gasteiger partial charge in [0.2, 0.25) is 0 Å². The van der Waals surface area contributed by atoms with E-state index in [4.69, 9.17) is 9.84 Å². The fourth-order valence-electron chi connectivity index (χ4n) is 2.10. The Bertz CT molecular complexity index is 287. The van der Waals surface area contributed by atoms with Crippen molar-refractivity contribution in [2.75, 3.05) is 6.61 Å². The minimum absolute atomic E-state index is 0.0592. The Morgan fingerprint density at radius 2 is 1.94 bits per heavy atom. The minimum Gasteiger partial charge on any atom is -0.478 e. The predicted molar refractivity (Wildman–Crippen MR) is 58.9 cm³/mol. The summed E-state index contributed by atoms with van der Waals surface area (Å²) in [6, 6.07) is 0. The van der Waals surface area contributed by atoms with E-state index >= 15 is 0 Å². The van der Waals surface area contributed by atoms with Crippen LogP contribution in [0.3, 0.4) is 0 Å². The third-order valence-corrected chi connectivity index (χ3v) is 2.84. The summed E-state index contributed by atoms with van der Waals surface area (Å²) in [7, 11) is 0. The highest BCUT2D eigenvalue weighted by Crippen LogP contribution is 2.30. The minimum atomic E-state index is -1.08. The molecule has 1 aliphatic carbocycles. The highest BCUT2D eigenvalue weighted by atomic mass is 16.5. The predicted octanol–water partition coefficient (Wildman–Crippen LogP) is 2.14. The van der Waals surface area contributed by atoms with E-state index in [0.717, 1.165) is 31.8 Å². The summed E-state index contributed by atoms with van der Waals surface area (Å²) in [5.74, 6) is -1.49. The van der Waals surface area contributed by atoms with Gasteiger partial charge in [-0.3, -0.25) is 0 Å². The zero-order chi connectivity index (χ0) is 12.0. The molecule has 0 radical (unpaired) electrons. The monoisotopic (exact) mass is 226 g/mol.